The van der Waals surface area contributed by atoms with Crippen LogP contribution in [0.15, 0.2) is 48.8 Å². The lowest BCUT2D eigenvalue weighted by atomic mass is 10.0. The van der Waals surface area contributed by atoms with E-state index in [9.17, 15) is 4.79 Å². The Morgan fingerprint density at radius 2 is 1.93 bits per heavy atom. The number of carbonyl (C=O) groups excluding carboxylic acids is 1. The highest BCUT2D eigenvalue weighted by Crippen LogP contribution is 2.32. The Morgan fingerprint density at radius 3 is 2.70 bits per heavy atom. The minimum absolute atomic E-state index is 0.0579. The van der Waals surface area contributed by atoms with Gasteiger partial charge in [-0.2, -0.15) is 5.26 Å². The van der Waals surface area contributed by atoms with Gasteiger partial charge in [0.1, 0.15) is 18.6 Å². The Kier molecular flexibility index (Phi) is 4.80. The molecule has 6 heteroatoms. The van der Waals surface area contributed by atoms with Gasteiger partial charge in [-0.1, -0.05) is 24.3 Å². The largest absolute Gasteiger partial charge is 0.367 e. The van der Waals surface area contributed by atoms with Crippen molar-refractivity contribution in [2.75, 3.05) is 5.32 Å². The Bertz CT molecular complexity index is 1140. The second kappa shape index (κ2) is 7.75. The summed E-state index contributed by atoms with van der Waals surface area (Å²) >= 11 is 0. The van der Waals surface area contributed by atoms with E-state index < -0.39 is 0 Å². The number of nitriles is 1. The molecule has 6 nitrogen and oxygen atoms in total. The van der Waals surface area contributed by atoms with Gasteiger partial charge in [-0.25, -0.2) is 9.97 Å². The minimum atomic E-state index is -0.0796. The summed E-state index contributed by atoms with van der Waals surface area (Å²) in [6.45, 7) is 0.546. The van der Waals surface area contributed by atoms with Gasteiger partial charge in [-0.15, -0.1) is 0 Å². The van der Waals surface area contributed by atoms with Crippen molar-refractivity contribution in [3.8, 4) is 17.2 Å². The molecule has 2 saturated carbocycles. The molecule has 0 aliphatic heterocycles. The number of nitrogens with zero attached hydrogens (tertiary/aromatic N) is 4. The lowest BCUT2D eigenvalue weighted by Crippen LogP contribution is -2.32. The van der Waals surface area contributed by atoms with E-state index in [-0.39, 0.29) is 18.4 Å². The van der Waals surface area contributed by atoms with Crippen molar-refractivity contribution in [2.24, 2.45) is 0 Å². The summed E-state index contributed by atoms with van der Waals surface area (Å²) in [5, 5.41) is 13.4. The second-order valence-corrected chi connectivity index (χ2v) is 8.16. The summed E-state index contributed by atoms with van der Waals surface area (Å²) in [5.41, 5.74) is 4.19. The number of carbonyl (C=O) groups is 1. The molecule has 30 heavy (non-hydrogen) atoms. The summed E-state index contributed by atoms with van der Waals surface area (Å²) in [6.07, 6.45) is 5.98. The van der Waals surface area contributed by atoms with Crippen molar-refractivity contribution < 1.29 is 4.79 Å². The van der Waals surface area contributed by atoms with Crippen LogP contribution in [0.2, 0.25) is 0 Å². The number of fused-ring (bicyclic) bond motifs is 1. The zero-order valence-corrected chi connectivity index (χ0v) is 16.7. The van der Waals surface area contributed by atoms with E-state index in [0.717, 1.165) is 46.3 Å². The standard InChI is InChI=1S/C24H23N5O/c25-11-10-23(30)29(20-7-8-20)14-16-2-1-3-17(12-16)18-4-9-22-21(13-18)24(27-15-26-22)28-19-5-6-19/h1-4,9,12-13,15,19-20H,5-8,10,14H2,(H,26,27,28). The van der Waals surface area contributed by atoms with Gasteiger partial charge >= 0.3 is 0 Å². The first-order valence-corrected chi connectivity index (χ1v) is 10.5. The van der Waals surface area contributed by atoms with Crippen molar-refractivity contribution in [3.05, 3.63) is 54.4 Å². The highest BCUT2D eigenvalue weighted by molar-refractivity contribution is 5.92. The van der Waals surface area contributed by atoms with Crippen LogP contribution < -0.4 is 5.32 Å². The minimum Gasteiger partial charge on any atom is -0.367 e. The first kappa shape index (κ1) is 18.6. The summed E-state index contributed by atoms with van der Waals surface area (Å²) in [7, 11) is 0. The molecule has 3 aromatic rings. The number of hydrogen-bond acceptors (Lipinski definition) is 5. The number of rotatable bonds is 7. The third kappa shape index (κ3) is 3.97. The number of anilines is 1. The van der Waals surface area contributed by atoms with Crippen LogP contribution in [0.3, 0.4) is 0 Å². The Balaban J connectivity index is 1.44. The molecule has 150 valence electrons. The van der Waals surface area contributed by atoms with Gasteiger partial charge in [0, 0.05) is 24.0 Å². The molecule has 2 aliphatic rings. The van der Waals surface area contributed by atoms with Crippen LogP contribution in [0.4, 0.5) is 5.82 Å². The van der Waals surface area contributed by atoms with Crippen LogP contribution in [0.25, 0.3) is 22.0 Å². The quantitative estimate of drug-likeness (QED) is 0.644. The monoisotopic (exact) mass is 397 g/mol. The second-order valence-electron chi connectivity index (χ2n) is 8.16. The summed E-state index contributed by atoms with van der Waals surface area (Å²) in [5.74, 6) is 0.812. The summed E-state index contributed by atoms with van der Waals surface area (Å²) in [4.78, 5) is 23.1. The molecule has 5 rings (SSSR count). The number of hydrogen-bond donors (Lipinski definition) is 1. The molecule has 1 amide bonds. The van der Waals surface area contributed by atoms with Gasteiger partial charge < -0.3 is 10.2 Å². The number of nitrogens with one attached hydrogen (secondary N) is 1. The maximum absolute atomic E-state index is 12.3. The van der Waals surface area contributed by atoms with Crippen molar-refractivity contribution >= 4 is 22.6 Å². The van der Waals surface area contributed by atoms with Gasteiger partial charge in [0.25, 0.3) is 0 Å². The van der Waals surface area contributed by atoms with Gasteiger partial charge in [-0.3, -0.25) is 4.79 Å². The first-order valence-electron chi connectivity index (χ1n) is 10.5. The summed E-state index contributed by atoms with van der Waals surface area (Å²) in [6, 6.07) is 17.3. The average molecular weight is 397 g/mol. The van der Waals surface area contributed by atoms with Crippen molar-refractivity contribution in [3.63, 3.8) is 0 Å². The van der Waals surface area contributed by atoms with E-state index in [1.165, 1.54) is 12.8 Å². The fourth-order valence-electron chi connectivity index (χ4n) is 3.79. The smallest absolute Gasteiger partial charge is 0.237 e. The van der Waals surface area contributed by atoms with Crippen LogP contribution in [0, 0.1) is 11.3 Å². The first-order chi connectivity index (χ1) is 14.7. The van der Waals surface area contributed by atoms with Crippen molar-refractivity contribution in [1.82, 2.24) is 14.9 Å². The maximum atomic E-state index is 12.3. The predicted molar refractivity (Wildman–Crippen MR) is 115 cm³/mol. The topological polar surface area (TPSA) is 81.9 Å². The Hall–Kier alpha value is -3.46. The maximum Gasteiger partial charge on any atom is 0.237 e. The molecule has 0 unspecified atom stereocenters. The molecule has 0 radical (unpaired) electrons. The molecule has 2 aliphatic carbocycles. The lowest BCUT2D eigenvalue weighted by Gasteiger charge is -2.21. The lowest BCUT2D eigenvalue weighted by molar-refractivity contribution is -0.131. The molecule has 2 fully saturated rings. The fourth-order valence-corrected chi connectivity index (χ4v) is 3.79. The molecule has 0 atom stereocenters. The zero-order chi connectivity index (χ0) is 20.5. The zero-order valence-electron chi connectivity index (χ0n) is 16.7. The van der Waals surface area contributed by atoms with E-state index >= 15 is 0 Å². The molecule has 0 bridgehead atoms. The SMILES string of the molecule is N#CCC(=O)N(Cc1cccc(-c2ccc3ncnc(NC4CC4)c3c2)c1)C1CC1. The molecule has 0 spiro atoms. The number of aromatic nitrogens is 2. The van der Waals surface area contributed by atoms with E-state index in [1.807, 2.05) is 29.2 Å². The van der Waals surface area contributed by atoms with Crippen LogP contribution >= 0.6 is 0 Å². The highest BCUT2D eigenvalue weighted by Gasteiger charge is 2.32. The molecular weight excluding hydrogens is 374 g/mol. The van der Waals surface area contributed by atoms with Crippen LogP contribution in [0.1, 0.15) is 37.7 Å². The molecule has 1 N–H and O–H groups in total. The van der Waals surface area contributed by atoms with Crippen LogP contribution in [0.5, 0.6) is 0 Å². The number of amides is 1. The Labute approximate surface area is 175 Å². The number of benzene rings is 2. The molecule has 2 aromatic carbocycles. The van der Waals surface area contributed by atoms with E-state index in [4.69, 9.17) is 5.26 Å². The molecular formula is C24H23N5O. The molecule has 0 saturated heterocycles. The third-order valence-corrected chi connectivity index (χ3v) is 5.71. The van der Waals surface area contributed by atoms with E-state index in [2.05, 4.69) is 39.6 Å². The van der Waals surface area contributed by atoms with E-state index in [1.54, 1.807) is 6.33 Å². The van der Waals surface area contributed by atoms with Crippen molar-refractivity contribution in [2.45, 2.75) is 50.7 Å². The predicted octanol–water partition coefficient (Wildman–Crippen LogP) is 4.28. The van der Waals surface area contributed by atoms with Crippen LogP contribution in [-0.2, 0) is 11.3 Å². The molecule has 1 aromatic heterocycles. The third-order valence-electron chi connectivity index (χ3n) is 5.71. The highest BCUT2D eigenvalue weighted by atomic mass is 16.2. The molecule has 1 heterocycles. The average Bonchev–Trinajstić information content (AvgIpc) is 3.67. The van der Waals surface area contributed by atoms with Gasteiger partial charge in [0.2, 0.25) is 5.91 Å². The normalized spacial score (nSPS) is 15.6. The van der Waals surface area contributed by atoms with E-state index in [0.29, 0.717) is 12.6 Å². The summed E-state index contributed by atoms with van der Waals surface area (Å²) < 4.78 is 0. The Morgan fingerprint density at radius 1 is 1.10 bits per heavy atom. The van der Waals surface area contributed by atoms with Gasteiger partial charge in [0.15, 0.2) is 0 Å². The van der Waals surface area contributed by atoms with Gasteiger partial charge in [0.05, 0.1) is 11.6 Å². The fraction of sp³-hybridized carbons (Fsp3) is 0.333. The van der Waals surface area contributed by atoms with Crippen molar-refractivity contribution in [1.29, 1.82) is 5.26 Å². The van der Waals surface area contributed by atoms with Crippen LogP contribution in [-0.4, -0.2) is 32.9 Å². The van der Waals surface area contributed by atoms with Gasteiger partial charge in [-0.05, 0) is 60.6 Å².